The highest BCUT2D eigenvalue weighted by molar-refractivity contribution is 6.26. The smallest absolute Gasteiger partial charge is 0.101 e. The molecule has 0 saturated heterocycles. The van der Waals surface area contributed by atoms with Crippen molar-refractivity contribution in [2.45, 2.75) is 0 Å². The zero-order valence-electron chi connectivity index (χ0n) is 18.0. The van der Waals surface area contributed by atoms with Crippen LogP contribution in [0.15, 0.2) is 97.6 Å². The second-order valence-corrected chi connectivity index (χ2v) is 8.21. The van der Waals surface area contributed by atoms with Crippen molar-refractivity contribution in [2.24, 2.45) is 0 Å². The number of aromatic nitrogens is 2. The maximum atomic E-state index is 9.26. The van der Waals surface area contributed by atoms with E-state index in [-0.39, 0.29) is 0 Å². The van der Waals surface area contributed by atoms with Crippen LogP contribution in [0.4, 0.5) is 0 Å². The molecular formula is C30H16N4. The lowest BCUT2D eigenvalue weighted by molar-refractivity contribution is 1.30. The third kappa shape index (κ3) is 3.14. The molecule has 6 aromatic rings. The van der Waals surface area contributed by atoms with Gasteiger partial charge < -0.3 is 0 Å². The molecule has 0 aliphatic heterocycles. The average molecular weight is 432 g/mol. The van der Waals surface area contributed by atoms with Crippen molar-refractivity contribution in [3.05, 3.63) is 109 Å². The van der Waals surface area contributed by atoms with Crippen molar-refractivity contribution in [1.29, 1.82) is 10.5 Å². The summed E-state index contributed by atoms with van der Waals surface area (Å²) >= 11 is 0. The zero-order valence-corrected chi connectivity index (χ0v) is 18.0. The number of nitrogens with zero attached hydrogens (tertiary/aromatic N) is 4. The second kappa shape index (κ2) is 7.81. The van der Waals surface area contributed by atoms with E-state index in [4.69, 9.17) is 0 Å². The first-order chi connectivity index (χ1) is 16.7. The van der Waals surface area contributed by atoms with Gasteiger partial charge in [-0.1, -0.05) is 48.5 Å². The summed E-state index contributed by atoms with van der Waals surface area (Å²) in [6, 6.07) is 29.3. The van der Waals surface area contributed by atoms with E-state index in [1.165, 1.54) is 0 Å². The fourth-order valence-electron chi connectivity index (χ4n) is 4.63. The molecule has 0 aliphatic rings. The summed E-state index contributed by atoms with van der Waals surface area (Å²) in [7, 11) is 0. The Balaban J connectivity index is 1.63. The molecule has 0 radical (unpaired) electrons. The topological polar surface area (TPSA) is 73.4 Å². The lowest BCUT2D eigenvalue weighted by Crippen LogP contribution is -1.88. The largest absolute Gasteiger partial charge is 0.263 e. The van der Waals surface area contributed by atoms with Gasteiger partial charge in [0.15, 0.2) is 0 Å². The van der Waals surface area contributed by atoms with E-state index < -0.39 is 0 Å². The second-order valence-electron chi connectivity index (χ2n) is 8.21. The summed E-state index contributed by atoms with van der Waals surface area (Å²) in [6.07, 6.45) is 6.74. The predicted molar refractivity (Wildman–Crippen MR) is 135 cm³/mol. The lowest BCUT2D eigenvalue weighted by Gasteiger charge is -2.13. The van der Waals surface area contributed by atoms with Crippen LogP contribution in [-0.4, -0.2) is 9.97 Å². The summed E-state index contributed by atoms with van der Waals surface area (Å²) in [5.41, 5.74) is 4.98. The van der Waals surface area contributed by atoms with Crippen LogP contribution < -0.4 is 0 Å². The Morgan fingerprint density at radius 2 is 0.882 bits per heavy atom. The van der Waals surface area contributed by atoms with Crippen molar-refractivity contribution < 1.29 is 0 Å². The molecule has 2 aromatic heterocycles. The number of hydrogen-bond acceptors (Lipinski definition) is 4. The van der Waals surface area contributed by atoms with Crippen LogP contribution in [0.5, 0.6) is 0 Å². The maximum Gasteiger partial charge on any atom is 0.101 e. The first-order valence-electron chi connectivity index (χ1n) is 10.8. The maximum absolute atomic E-state index is 9.26. The molecule has 0 saturated carbocycles. The summed E-state index contributed by atoms with van der Waals surface area (Å²) in [4.78, 5) is 8.45. The molecule has 0 aliphatic carbocycles. The highest BCUT2D eigenvalue weighted by Gasteiger charge is 2.12. The van der Waals surface area contributed by atoms with E-state index >= 15 is 0 Å². The summed E-state index contributed by atoms with van der Waals surface area (Å²) < 4.78 is 0. The Labute approximate surface area is 196 Å². The number of hydrogen-bond donors (Lipinski definition) is 0. The van der Waals surface area contributed by atoms with Gasteiger partial charge in [0.25, 0.3) is 0 Å². The first kappa shape index (κ1) is 19.6. The molecular weight excluding hydrogens is 416 g/mol. The van der Waals surface area contributed by atoms with Gasteiger partial charge >= 0.3 is 0 Å². The van der Waals surface area contributed by atoms with Gasteiger partial charge in [0.2, 0.25) is 0 Å². The van der Waals surface area contributed by atoms with Gasteiger partial charge in [-0.05, 0) is 67.7 Å². The van der Waals surface area contributed by atoms with Crippen LogP contribution in [0.1, 0.15) is 11.1 Å². The molecule has 156 valence electrons. The number of rotatable bonds is 2. The fourth-order valence-corrected chi connectivity index (χ4v) is 4.63. The van der Waals surface area contributed by atoms with Crippen molar-refractivity contribution in [2.75, 3.05) is 0 Å². The van der Waals surface area contributed by atoms with Gasteiger partial charge in [0.1, 0.15) is 12.1 Å². The molecule has 0 bridgehead atoms. The summed E-state index contributed by atoms with van der Waals surface area (Å²) in [5, 5.41) is 25.5. The molecule has 0 unspecified atom stereocenters. The summed E-state index contributed by atoms with van der Waals surface area (Å²) in [6.45, 7) is 0. The monoisotopic (exact) mass is 432 g/mol. The van der Waals surface area contributed by atoms with Crippen LogP contribution in [-0.2, 0) is 0 Å². The van der Waals surface area contributed by atoms with Crippen molar-refractivity contribution in [3.63, 3.8) is 0 Å². The van der Waals surface area contributed by atoms with E-state index in [0.29, 0.717) is 11.1 Å². The number of nitriles is 2. The van der Waals surface area contributed by atoms with Crippen molar-refractivity contribution >= 4 is 32.3 Å². The highest BCUT2D eigenvalue weighted by atomic mass is 14.6. The molecule has 0 amide bonds. The van der Waals surface area contributed by atoms with E-state index in [1.54, 1.807) is 24.8 Å². The zero-order chi connectivity index (χ0) is 23.1. The number of pyridine rings is 2. The van der Waals surface area contributed by atoms with Gasteiger partial charge in [0, 0.05) is 35.9 Å². The van der Waals surface area contributed by atoms with Crippen LogP contribution in [0.2, 0.25) is 0 Å². The minimum atomic E-state index is 0.545. The van der Waals surface area contributed by atoms with Gasteiger partial charge in [0.05, 0.1) is 11.1 Å². The van der Waals surface area contributed by atoms with E-state index in [1.807, 2.05) is 12.1 Å². The van der Waals surface area contributed by atoms with E-state index in [2.05, 4.69) is 82.8 Å². The van der Waals surface area contributed by atoms with Gasteiger partial charge in [-0.2, -0.15) is 10.5 Å². The molecule has 0 spiro atoms. The Bertz CT molecular complexity index is 1680. The van der Waals surface area contributed by atoms with Crippen molar-refractivity contribution in [3.8, 4) is 34.4 Å². The molecule has 4 nitrogen and oxygen atoms in total. The Morgan fingerprint density at radius 3 is 1.32 bits per heavy atom. The average Bonchev–Trinajstić information content (AvgIpc) is 2.92. The summed E-state index contributed by atoms with van der Waals surface area (Å²) in [5.74, 6) is 0. The van der Waals surface area contributed by atoms with E-state index in [9.17, 15) is 10.5 Å². The lowest BCUT2D eigenvalue weighted by atomic mass is 9.90. The molecule has 4 heteroatoms. The molecule has 0 atom stereocenters. The molecule has 4 aromatic carbocycles. The highest BCUT2D eigenvalue weighted by Crippen LogP contribution is 2.38. The normalized spacial score (nSPS) is 10.9. The number of benzene rings is 4. The minimum Gasteiger partial charge on any atom is -0.263 e. The standard InChI is InChI=1S/C30H16N4/c31-13-19-9-23(17-33-15-19)21-5-7-27-28-8-6-22(24-10-20(14-32)16-34-18-24)12-30(28)26-4-2-1-3-25(26)29(27)11-21/h1-12,15-18H. The van der Waals surface area contributed by atoms with Gasteiger partial charge in [-0.15, -0.1) is 0 Å². The Morgan fingerprint density at radius 1 is 0.441 bits per heavy atom. The minimum absolute atomic E-state index is 0.545. The van der Waals surface area contributed by atoms with E-state index in [0.717, 1.165) is 54.6 Å². The molecule has 0 fully saturated rings. The van der Waals surface area contributed by atoms with Gasteiger partial charge in [-0.3, -0.25) is 9.97 Å². The quantitative estimate of drug-likeness (QED) is 0.276. The predicted octanol–water partition coefficient (Wildman–Crippen LogP) is 7.01. The third-order valence-corrected chi connectivity index (χ3v) is 6.24. The Hall–Kier alpha value is -5.06. The van der Waals surface area contributed by atoms with Crippen LogP contribution >= 0.6 is 0 Å². The van der Waals surface area contributed by atoms with Crippen LogP contribution in [0.25, 0.3) is 54.6 Å². The van der Waals surface area contributed by atoms with Gasteiger partial charge in [-0.25, -0.2) is 0 Å². The number of fused-ring (bicyclic) bond motifs is 6. The Kier molecular flexibility index (Phi) is 4.51. The van der Waals surface area contributed by atoms with Crippen molar-refractivity contribution in [1.82, 2.24) is 9.97 Å². The third-order valence-electron chi connectivity index (χ3n) is 6.24. The van der Waals surface area contributed by atoms with Crippen LogP contribution in [0.3, 0.4) is 0 Å². The SMILES string of the molecule is N#Cc1cncc(-c2ccc3c4ccc(-c5cncc(C#N)c5)cc4c4ccccc4c3c2)c1. The molecule has 6 rings (SSSR count). The van der Waals surface area contributed by atoms with Crippen LogP contribution in [0, 0.1) is 22.7 Å². The first-order valence-corrected chi connectivity index (χ1v) is 10.8. The molecule has 2 heterocycles. The molecule has 34 heavy (non-hydrogen) atoms. The fraction of sp³-hybridized carbons (Fsp3) is 0. The molecule has 0 N–H and O–H groups in total.